The first-order valence-electron chi connectivity index (χ1n) is 11.8. The minimum Gasteiger partial charge on any atom is -0.489 e. The molecule has 0 heterocycles. The SMILES string of the molecule is N#Cc1ccc(-c2ccc(C(=O)O)cc2)cc1OC[C@@H](O)CNC1(Cc2ccc(OC(F)(F)F)cc2)CC1. The molecule has 1 fully saturated rings. The van der Waals surface area contributed by atoms with Gasteiger partial charge in [0, 0.05) is 12.1 Å². The number of carboxylic acid groups (broad SMARTS) is 1. The number of ether oxygens (including phenoxy) is 2. The molecule has 7 nitrogen and oxygen atoms in total. The Bertz CT molecular complexity index is 1310. The first kappa shape index (κ1) is 27.0. The lowest BCUT2D eigenvalue weighted by atomic mass is 10.0. The molecule has 0 aliphatic heterocycles. The second-order valence-corrected chi connectivity index (χ2v) is 9.20. The smallest absolute Gasteiger partial charge is 0.489 e. The Labute approximate surface area is 217 Å². The Hall–Kier alpha value is -4.07. The molecule has 0 saturated heterocycles. The van der Waals surface area contributed by atoms with Crippen LogP contribution >= 0.6 is 0 Å². The number of aliphatic hydroxyl groups is 1. The number of halogens is 3. The van der Waals surface area contributed by atoms with E-state index in [1.54, 1.807) is 42.5 Å². The zero-order chi connectivity index (χ0) is 27.3. The van der Waals surface area contributed by atoms with Crippen LogP contribution in [0.5, 0.6) is 11.5 Å². The highest BCUT2D eigenvalue weighted by atomic mass is 19.4. The van der Waals surface area contributed by atoms with Crippen LogP contribution in [-0.4, -0.2) is 47.3 Å². The normalized spacial score (nSPS) is 14.8. The van der Waals surface area contributed by atoms with Gasteiger partial charge in [0.15, 0.2) is 0 Å². The average Bonchev–Trinajstić information content (AvgIpc) is 3.66. The van der Waals surface area contributed by atoms with Gasteiger partial charge in [0.2, 0.25) is 0 Å². The molecule has 38 heavy (non-hydrogen) atoms. The lowest BCUT2D eigenvalue weighted by molar-refractivity contribution is -0.274. The van der Waals surface area contributed by atoms with Gasteiger partial charge in [-0.2, -0.15) is 5.26 Å². The second kappa shape index (κ2) is 11.1. The molecule has 1 aliphatic rings. The van der Waals surface area contributed by atoms with Crippen molar-refractivity contribution in [1.29, 1.82) is 5.26 Å². The van der Waals surface area contributed by atoms with Crippen LogP contribution in [0.25, 0.3) is 11.1 Å². The quantitative estimate of drug-likeness (QED) is 0.325. The molecule has 3 aromatic carbocycles. The summed E-state index contributed by atoms with van der Waals surface area (Å²) in [6.07, 6.45) is -3.29. The van der Waals surface area contributed by atoms with E-state index in [9.17, 15) is 28.3 Å². The monoisotopic (exact) mass is 526 g/mol. The number of β-amino-alcohol motifs (C(OH)–C–C–N with tert-alkyl or cyclic N) is 1. The number of hydrogen-bond acceptors (Lipinski definition) is 6. The molecule has 3 aromatic rings. The van der Waals surface area contributed by atoms with E-state index in [1.807, 2.05) is 0 Å². The van der Waals surface area contributed by atoms with E-state index >= 15 is 0 Å². The summed E-state index contributed by atoms with van der Waals surface area (Å²) in [6.45, 7) is 0.163. The summed E-state index contributed by atoms with van der Waals surface area (Å²) in [6, 6.07) is 19.1. The van der Waals surface area contributed by atoms with E-state index in [0.717, 1.165) is 29.5 Å². The minimum atomic E-state index is -4.73. The first-order valence-corrected chi connectivity index (χ1v) is 11.8. The number of nitrogens with zero attached hydrogens (tertiary/aromatic N) is 1. The number of alkyl halides is 3. The number of benzene rings is 3. The van der Waals surface area contributed by atoms with Crippen LogP contribution < -0.4 is 14.8 Å². The Morgan fingerprint density at radius 3 is 2.29 bits per heavy atom. The van der Waals surface area contributed by atoms with Crippen LogP contribution in [0.4, 0.5) is 13.2 Å². The zero-order valence-corrected chi connectivity index (χ0v) is 20.2. The molecule has 0 spiro atoms. The van der Waals surface area contributed by atoms with E-state index in [0.29, 0.717) is 17.7 Å². The van der Waals surface area contributed by atoms with Gasteiger partial charge in [-0.1, -0.05) is 30.3 Å². The van der Waals surface area contributed by atoms with Gasteiger partial charge in [-0.3, -0.25) is 0 Å². The Morgan fingerprint density at radius 1 is 1.05 bits per heavy atom. The van der Waals surface area contributed by atoms with Crippen molar-refractivity contribution in [3.05, 3.63) is 83.4 Å². The predicted molar refractivity (Wildman–Crippen MR) is 132 cm³/mol. The van der Waals surface area contributed by atoms with Gasteiger partial charge < -0.3 is 25.0 Å². The van der Waals surface area contributed by atoms with Gasteiger partial charge >= 0.3 is 12.3 Å². The maximum absolute atomic E-state index is 12.3. The number of nitrogens with one attached hydrogen (secondary N) is 1. The van der Waals surface area contributed by atoms with Crippen LogP contribution in [0.3, 0.4) is 0 Å². The van der Waals surface area contributed by atoms with Crippen molar-refractivity contribution < 1.29 is 37.7 Å². The standard InChI is InChI=1S/C28H25F3N2O5/c29-28(30,31)38-24-9-1-18(2-10-24)14-27(11-12-27)33-16-23(34)17-37-25-13-21(7-8-22(25)15-32)19-3-5-20(6-4-19)26(35)36/h1-10,13,23,33-34H,11-12,14,16-17H2,(H,35,36)/t23-/m0/s1. The average molecular weight is 527 g/mol. The summed E-state index contributed by atoms with van der Waals surface area (Å²) >= 11 is 0. The molecule has 4 rings (SSSR count). The van der Waals surface area contributed by atoms with E-state index in [-0.39, 0.29) is 30.0 Å². The molecule has 3 N–H and O–H groups in total. The molecule has 198 valence electrons. The highest BCUT2D eigenvalue weighted by molar-refractivity contribution is 5.88. The van der Waals surface area contributed by atoms with Gasteiger partial charge in [-0.05, 0) is 72.4 Å². The van der Waals surface area contributed by atoms with Crippen molar-refractivity contribution in [2.45, 2.75) is 37.3 Å². The highest BCUT2D eigenvalue weighted by Crippen LogP contribution is 2.39. The van der Waals surface area contributed by atoms with Gasteiger partial charge in [0.05, 0.1) is 11.1 Å². The number of aromatic carboxylic acids is 1. The Kier molecular flexibility index (Phi) is 7.90. The number of carboxylic acids is 1. The molecule has 0 aromatic heterocycles. The first-order chi connectivity index (χ1) is 18.1. The molecule has 0 amide bonds. The fourth-order valence-corrected chi connectivity index (χ4v) is 4.06. The minimum absolute atomic E-state index is 0.0668. The Morgan fingerprint density at radius 2 is 1.71 bits per heavy atom. The number of carbonyl (C=O) groups is 1. The molecule has 0 bridgehead atoms. The maximum Gasteiger partial charge on any atom is 0.573 e. The van der Waals surface area contributed by atoms with Crippen molar-refractivity contribution in [3.63, 3.8) is 0 Å². The molecule has 1 aliphatic carbocycles. The van der Waals surface area contributed by atoms with Crippen LogP contribution in [0, 0.1) is 11.3 Å². The fourth-order valence-electron chi connectivity index (χ4n) is 4.06. The third kappa shape index (κ3) is 7.25. The molecule has 0 radical (unpaired) electrons. The lowest BCUT2D eigenvalue weighted by Crippen LogP contribution is -2.40. The fraction of sp³-hybridized carbons (Fsp3) is 0.286. The van der Waals surface area contributed by atoms with Gasteiger partial charge in [-0.15, -0.1) is 13.2 Å². The van der Waals surface area contributed by atoms with Crippen molar-refractivity contribution in [2.24, 2.45) is 0 Å². The molecular weight excluding hydrogens is 501 g/mol. The summed E-state index contributed by atoms with van der Waals surface area (Å²) in [7, 11) is 0. The maximum atomic E-state index is 12.3. The van der Waals surface area contributed by atoms with Crippen LogP contribution in [-0.2, 0) is 6.42 Å². The van der Waals surface area contributed by atoms with Crippen molar-refractivity contribution in [1.82, 2.24) is 5.32 Å². The summed E-state index contributed by atoms with van der Waals surface area (Å²) in [5.41, 5.74) is 2.55. The summed E-state index contributed by atoms with van der Waals surface area (Å²) in [4.78, 5) is 11.1. The van der Waals surface area contributed by atoms with Gasteiger partial charge in [-0.25, -0.2) is 4.79 Å². The molecule has 1 saturated carbocycles. The number of rotatable bonds is 11. The molecule has 1 atom stereocenters. The third-order valence-electron chi connectivity index (χ3n) is 6.26. The van der Waals surface area contributed by atoms with E-state index < -0.39 is 18.4 Å². The van der Waals surface area contributed by atoms with Gasteiger partial charge in [0.1, 0.15) is 30.3 Å². The van der Waals surface area contributed by atoms with Crippen LogP contribution in [0.15, 0.2) is 66.7 Å². The highest BCUT2D eigenvalue weighted by Gasteiger charge is 2.42. The molecular formula is C28H25F3N2O5. The lowest BCUT2D eigenvalue weighted by Gasteiger charge is -2.21. The third-order valence-corrected chi connectivity index (χ3v) is 6.26. The van der Waals surface area contributed by atoms with Crippen molar-refractivity contribution >= 4 is 5.97 Å². The van der Waals surface area contributed by atoms with Crippen molar-refractivity contribution in [2.75, 3.05) is 13.2 Å². The van der Waals surface area contributed by atoms with E-state index in [2.05, 4.69) is 16.1 Å². The molecule has 10 heteroatoms. The van der Waals surface area contributed by atoms with Gasteiger partial charge in [0.25, 0.3) is 0 Å². The summed E-state index contributed by atoms with van der Waals surface area (Å²) in [5, 5.41) is 32.3. The second-order valence-electron chi connectivity index (χ2n) is 9.20. The summed E-state index contributed by atoms with van der Waals surface area (Å²) in [5.74, 6) is -0.997. The molecule has 0 unspecified atom stereocenters. The number of nitriles is 1. The largest absolute Gasteiger partial charge is 0.573 e. The predicted octanol–water partition coefficient (Wildman–Crippen LogP) is 4.93. The van der Waals surface area contributed by atoms with Crippen LogP contribution in [0.2, 0.25) is 0 Å². The number of aliphatic hydroxyl groups excluding tert-OH is 1. The number of hydrogen-bond donors (Lipinski definition) is 3. The van der Waals surface area contributed by atoms with Crippen molar-refractivity contribution in [3.8, 4) is 28.7 Å². The Balaban J connectivity index is 1.31. The van der Waals surface area contributed by atoms with Crippen LogP contribution in [0.1, 0.15) is 34.3 Å². The topological polar surface area (TPSA) is 112 Å². The van der Waals surface area contributed by atoms with E-state index in [1.165, 1.54) is 24.3 Å². The van der Waals surface area contributed by atoms with E-state index in [4.69, 9.17) is 9.84 Å². The summed E-state index contributed by atoms with van der Waals surface area (Å²) < 4.78 is 46.7. The zero-order valence-electron chi connectivity index (χ0n) is 20.2.